The van der Waals surface area contributed by atoms with Crippen LogP contribution in [0.2, 0.25) is 0 Å². The van der Waals surface area contributed by atoms with Crippen molar-refractivity contribution in [2.45, 2.75) is 38.4 Å². The van der Waals surface area contributed by atoms with Crippen molar-refractivity contribution in [3.05, 3.63) is 35.4 Å². The maximum atomic E-state index is 11.7. The number of aliphatic hydroxyl groups is 3. The Balaban J connectivity index is 2.22. The molecular formula is C18H24O8. The molecule has 0 saturated carbocycles. The highest BCUT2D eigenvalue weighted by Gasteiger charge is 2.44. The van der Waals surface area contributed by atoms with Crippen molar-refractivity contribution in [3.63, 3.8) is 0 Å². The molecule has 1 aliphatic heterocycles. The van der Waals surface area contributed by atoms with Crippen LogP contribution in [-0.2, 0) is 9.47 Å². The van der Waals surface area contributed by atoms with Crippen LogP contribution in [-0.4, -0.2) is 66.2 Å². The molecule has 3 N–H and O–H groups in total. The summed E-state index contributed by atoms with van der Waals surface area (Å²) in [5.74, 6) is -0.0608. The van der Waals surface area contributed by atoms with E-state index >= 15 is 0 Å². The number of methoxy groups -OCH3 is 1. The lowest BCUT2D eigenvalue weighted by atomic mass is 10.1. The van der Waals surface area contributed by atoms with Crippen LogP contribution in [0.5, 0.6) is 11.5 Å². The number of benzene rings is 1. The molecule has 2 rings (SSSR count). The second-order valence-electron chi connectivity index (χ2n) is 6.07. The predicted octanol–water partition coefficient (Wildman–Crippen LogP) is 0.636. The number of carbonyl (C=O) groups is 1. The minimum absolute atomic E-state index is 0.217. The van der Waals surface area contributed by atoms with E-state index < -0.39 is 37.2 Å². The molecular weight excluding hydrogens is 344 g/mol. The highest BCUT2D eigenvalue weighted by molar-refractivity contribution is 5.90. The molecule has 1 aromatic rings. The number of rotatable bonds is 7. The molecule has 4 unspecified atom stereocenters. The van der Waals surface area contributed by atoms with Gasteiger partial charge >= 0.3 is 5.97 Å². The van der Waals surface area contributed by atoms with E-state index in [1.165, 1.54) is 25.3 Å². The van der Waals surface area contributed by atoms with E-state index in [2.05, 4.69) is 0 Å². The normalized spacial score (nSPS) is 24.8. The van der Waals surface area contributed by atoms with Crippen molar-refractivity contribution in [1.29, 1.82) is 0 Å². The van der Waals surface area contributed by atoms with Crippen molar-refractivity contribution in [2.24, 2.45) is 0 Å². The van der Waals surface area contributed by atoms with E-state index in [4.69, 9.17) is 24.1 Å². The number of ether oxygens (including phenoxy) is 4. The van der Waals surface area contributed by atoms with Crippen LogP contribution in [0.15, 0.2) is 29.8 Å². The number of aliphatic hydroxyl groups excluding tert-OH is 3. The third kappa shape index (κ3) is 4.73. The zero-order chi connectivity index (χ0) is 19.3. The number of esters is 1. The minimum atomic E-state index is -1.34. The summed E-state index contributed by atoms with van der Waals surface area (Å²) in [5.41, 5.74) is 1.33. The first-order valence-corrected chi connectivity index (χ1v) is 8.15. The zero-order valence-corrected chi connectivity index (χ0v) is 14.9. The van der Waals surface area contributed by atoms with E-state index in [1.807, 2.05) is 19.9 Å². The molecule has 0 bridgehead atoms. The van der Waals surface area contributed by atoms with Gasteiger partial charge in [0.15, 0.2) is 11.5 Å². The largest absolute Gasteiger partial charge is 0.486 e. The van der Waals surface area contributed by atoms with Crippen LogP contribution in [0.3, 0.4) is 0 Å². The van der Waals surface area contributed by atoms with E-state index in [1.54, 1.807) is 0 Å². The van der Waals surface area contributed by atoms with Crippen LogP contribution in [0, 0.1) is 0 Å². The summed E-state index contributed by atoms with van der Waals surface area (Å²) in [7, 11) is 1.27. The van der Waals surface area contributed by atoms with Gasteiger partial charge < -0.3 is 34.3 Å². The van der Waals surface area contributed by atoms with Gasteiger partial charge in [0, 0.05) is 0 Å². The number of hydrogen-bond acceptors (Lipinski definition) is 8. The maximum absolute atomic E-state index is 11.7. The number of carbonyl (C=O) groups excluding carboxylic acids is 1. The molecule has 0 aliphatic carbocycles. The van der Waals surface area contributed by atoms with Crippen LogP contribution < -0.4 is 9.47 Å². The Bertz CT molecular complexity index is 653. The van der Waals surface area contributed by atoms with Gasteiger partial charge in [-0.15, -0.1) is 0 Å². The van der Waals surface area contributed by atoms with Crippen LogP contribution >= 0.6 is 0 Å². The molecule has 8 nitrogen and oxygen atoms in total. The standard InChI is InChI=1S/C18H24O8/c1-10(2)6-7-24-13-8-11(17(22)23-3)4-5-12(13)25-18-16(21)15(20)14(9-19)26-18/h4-6,8,14-16,18-21H,7,9H2,1-3H3. The topological polar surface area (TPSA) is 115 Å². The molecule has 1 fully saturated rings. The van der Waals surface area contributed by atoms with Gasteiger partial charge in [-0.3, -0.25) is 0 Å². The lowest BCUT2D eigenvalue weighted by Crippen LogP contribution is -2.35. The first-order chi connectivity index (χ1) is 12.4. The predicted molar refractivity (Wildman–Crippen MR) is 91.1 cm³/mol. The Kier molecular flexibility index (Phi) is 6.98. The summed E-state index contributed by atoms with van der Waals surface area (Å²) < 4.78 is 21.3. The van der Waals surface area contributed by atoms with Crippen molar-refractivity contribution >= 4 is 5.97 Å². The Morgan fingerprint density at radius 3 is 2.54 bits per heavy atom. The van der Waals surface area contributed by atoms with Crippen molar-refractivity contribution in [2.75, 3.05) is 20.3 Å². The molecule has 1 heterocycles. The van der Waals surface area contributed by atoms with Crippen LogP contribution in [0.4, 0.5) is 0 Å². The first kappa shape index (κ1) is 20.2. The molecule has 0 radical (unpaired) electrons. The lowest BCUT2D eigenvalue weighted by molar-refractivity contribution is -0.117. The molecule has 4 atom stereocenters. The summed E-state index contributed by atoms with van der Waals surface area (Å²) in [4.78, 5) is 11.7. The Morgan fingerprint density at radius 1 is 1.23 bits per heavy atom. The quantitative estimate of drug-likeness (QED) is 0.474. The van der Waals surface area contributed by atoms with Crippen LogP contribution in [0.1, 0.15) is 24.2 Å². The molecule has 0 amide bonds. The molecule has 144 valence electrons. The molecule has 8 heteroatoms. The highest BCUT2D eigenvalue weighted by atomic mass is 16.7. The maximum Gasteiger partial charge on any atom is 0.337 e. The SMILES string of the molecule is COC(=O)c1ccc(OC2OC(CO)C(O)C2O)c(OCC=C(C)C)c1. The molecule has 0 spiro atoms. The Morgan fingerprint density at radius 2 is 1.96 bits per heavy atom. The summed E-state index contributed by atoms with van der Waals surface area (Å²) in [6.45, 7) is 3.64. The van der Waals surface area contributed by atoms with Gasteiger partial charge in [-0.2, -0.15) is 0 Å². The van der Waals surface area contributed by atoms with Gasteiger partial charge in [0.1, 0.15) is 24.9 Å². The lowest BCUT2D eigenvalue weighted by Gasteiger charge is -2.19. The first-order valence-electron chi connectivity index (χ1n) is 8.15. The van der Waals surface area contributed by atoms with Gasteiger partial charge in [-0.05, 0) is 38.1 Å². The Labute approximate surface area is 151 Å². The Hall–Kier alpha value is -2.13. The van der Waals surface area contributed by atoms with Gasteiger partial charge in [-0.1, -0.05) is 5.57 Å². The highest BCUT2D eigenvalue weighted by Crippen LogP contribution is 2.32. The summed E-state index contributed by atoms with van der Waals surface area (Å²) >= 11 is 0. The summed E-state index contributed by atoms with van der Waals surface area (Å²) in [6.07, 6.45) is -2.88. The fourth-order valence-corrected chi connectivity index (χ4v) is 2.35. The van der Waals surface area contributed by atoms with Gasteiger partial charge in [0.25, 0.3) is 0 Å². The van der Waals surface area contributed by atoms with Gasteiger partial charge in [-0.25, -0.2) is 4.79 Å². The average molecular weight is 368 g/mol. The fourth-order valence-electron chi connectivity index (χ4n) is 2.35. The number of allylic oxidation sites excluding steroid dienone is 1. The van der Waals surface area contributed by atoms with Crippen molar-refractivity contribution < 1.29 is 39.1 Å². The fraction of sp³-hybridized carbons (Fsp3) is 0.500. The second-order valence-corrected chi connectivity index (χ2v) is 6.07. The van der Waals surface area contributed by atoms with Gasteiger partial charge in [0.2, 0.25) is 6.29 Å². The third-order valence-electron chi connectivity index (χ3n) is 3.84. The molecule has 26 heavy (non-hydrogen) atoms. The van der Waals surface area contributed by atoms with Crippen molar-refractivity contribution in [1.82, 2.24) is 0 Å². The zero-order valence-electron chi connectivity index (χ0n) is 14.9. The van der Waals surface area contributed by atoms with Crippen molar-refractivity contribution in [3.8, 4) is 11.5 Å². The second kappa shape index (κ2) is 9.00. The minimum Gasteiger partial charge on any atom is -0.486 e. The van der Waals surface area contributed by atoms with E-state index in [0.29, 0.717) is 0 Å². The number of hydrogen-bond donors (Lipinski definition) is 3. The van der Waals surface area contributed by atoms with E-state index in [9.17, 15) is 15.0 Å². The molecule has 0 aromatic heterocycles. The summed E-state index contributed by atoms with van der Waals surface area (Å²) in [6, 6.07) is 4.43. The van der Waals surface area contributed by atoms with Gasteiger partial charge in [0.05, 0.1) is 19.3 Å². The molecule has 1 aromatic carbocycles. The van der Waals surface area contributed by atoms with Crippen LogP contribution in [0.25, 0.3) is 0 Å². The summed E-state index contributed by atoms with van der Waals surface area (Å²) in [5, 5.41) is 29.0. The monoisotopic (exact) mass is 368 g/mol. The average Bonchev–Trinajstić information content (AvgIpc) is 2.89. The van der Waals surface area contributed by atoms with E-state index in [-0.39, 0.29) is 23.7 Å². The molecule has 1 saturated heterocycles. The van der Waals surface area contributed by atoms with E-state index in [0.717, 1.165) is 5.57 Å². The smallest absolute Gasteiger partial charge is 0.337 e. The molecule has 1 aliphatic rings. The third-order valence-corrected chi connectivity index (χ3v) is 3.84.